The van der Waals surface area contributed by atoms with Crippen LogP contribution >= 0.6 is 0 Å². The molecule has 0 saturated heterocycles. The molecule has 0 N–H and O–H groups in total. The maximum absolute atomic E-state index is 13.8. The Morgan fingerprint density at radius 1 is 1.26 bits per heavy atom. The van der Waals surface area contributed by atoms with E-state index in [1.165, 1.54) is 6.07 Å². The van der Waals surface area contributed by atoms with Gasteiger partial charge in [0.05, 0.1) is 12.0 Å². The normalized spacial score (nSPS) is 10.5. The molecule has 98 valence electrons. The van der Waals surface area contributed by atoms with Gasteiger partial charge in [0.1, 0.15) is 5.82 Å². The molecule has 0 unspecified atom stereocenters. The largest absolute Gasteiger partial charge is 0.294 e. The van der Waals surface area contributed by atoms with Crippen molar-refractivity contribution in [2.24, 2.45) is 0 Å². The number of hydrogen-bond acceptors (Lipinski definition) is 2. The fraction of sp³-hybridized carbons (Fsp3) is 0.250. The monoisotopic (exact) mass is 257 g/mol. The van der Waals surface area contributed by atoms with Gasteiger partial charge < -0.3 is 0 Å². The number of aryl methyl sites for hydroxylation is 2. The van der Waals surface area contributed by atoms with Gasteiger partial charge in [0.25, 0.3) is 0 Å². The molecule has 0 aliphatic heterocycles. The predicted molar refractivity (Wildman–Crippen MR) is 72.8 cm³/mol. The number of pyridine rings is 1. The highest BCUT2D eigenvalue weighted by atomic mass is 19.1. The van der Waals surface area contributed by atoms with Gasteiger partial charge in [-0.05, 0) is 36.6 Å². The van der Waals surface area contributed by atoms with E-state index in [0.717, 1.165) is 12.0 Å². The summed E-state index contributed by atoms with van der Waals surface area (Å²) < 4.78 is 13.8. The zero-order chi connectivity index (χ0) is 13.8. The summed E-state index contributed by atoms with van der Waals surface area (Å²) in [6.45, 7) is 3.70. The summed E-state index contributed by atoms with van der Waals surface area (Å²) in [4.78, 5) is 16.3. The molecular weight excluding hydrogens is 241 g/mol. The Morgan fingerprint density at radius 3 is 2.68 bits per heavy atom. The van der Waals surface area contributed by atoms with Crippen LogP contribution in [0.25, 0.3) is 0 Å². The smallest absolute Gasteiger partial charge is 0.171 e. The van der Waals surface area contributed by atoms with Crippen molar-refractivity contribution in [3.8, 4) is 0 Å². The van der Waals surface area contributed by atoms with E-state index < -0.39 is 5.82 Å². The van der Waals surface area contributed by atoms with Gasteiger partial charge in [-0.2, -0.15) is 0 Å². The van der Waals surface area contributed by atoms with E-state index in [-0.39, 0.29) is 17.8 Å². The number of carbonyl (C=O) groups excluding carboxylic acids is 1. The van der Waals surface area contributed by atoms with Gasteiger partial charge >= 0.3 is 0 Å². The van der Waals surface area contributed by atoms with Crippen molar-refractivity contribution in [2.75, 3.05) is 0 Å². The zero-order valence-electron chi connectivity index (χ0n) is 11.1. The SMILES string of the molecule is CCc1ccc(CC(=O)c2cccc(C)c2F)nc1. The highest BCUT2D eigenvalue weighted by molar-refractivity contribution is 5.97. The molecule has 0 spiro atoms. The van der Waals surface area contributed by atoms with Crippen molar-refractivity contribution < 1.29 is 9.18 Å². The molecule has 0 bridgehead atoms. The van der Waals surface area contributed by atoms with Crippen LogP contribution in [-0.4, -0.2) is 10.8 Å². The third-order valence-electron chi connectivity index (χ3n) is 3.13. The van der Waals surface area contributed by atoms with Gasteiger partial charge in [0, 0.05) is 11.9 Å². The summed E-state index contributed by atoms with van der Waals surface area (Å²) >= 11 is 0. The van der Waals surface area contributed by atoms with E-state index in [1.807, 2.05) is 19.1 Å². The van der Waals surface area contributed by atoms with Gasteiger partial charge in [-0.3, -0.25) is 9.78 Å². The lowest BCUT2D eigenvalue weighted by atomic mass is 10.0. The van der Waals surface area contributed by atoms with E-state index in [4.69, 9.17) is 0 Å². The number of rotatable bonds is 4. The summed E-state index contributed by atoms with van der Waals surface area (Å²) in [6.07, 6.45) is 2.80. The third kappa shape index (κ3) is 3.05. The molecule has 1 aromatic heterocycles. The van der Waals surface area contributed by atoms with Gasteiger partial charge in [0.2, 0.25) is 0 Å². The fourth-order valence-corrected chi connectivity index (χ4v) is 1.89. The lowest BCUT2D eigenvalue weighted by molar-refractivity contribution is 0.0988. The molecule has 2 nitrogen and oxygen atoms in total. The number of carbonyl (C=O) groups is 1. The van der Waals surface area contributed by atoms with Crippen molar-refractivity contribution >= 4 is 5.78 Å². The van der Waals surface area contributed by atoms with E-state index in [1.54, 1.807) is 25.3 Å². The minimum atomic E-state index is -0.433. The zero-order valence-corrected chi connectivity index (χ0v) is 11.1. The topological polar surface area (TPSA) is 30.0 Å². The molecule has 0 fully saturated rings. The number of nitrogens with zero attached hydrogens (tertiary/aromatic N) is 1. The number of hydrogen-bond donors (Lipinski definition) is 0. The van der Waals surface area contributed by atoms with Crippen molar-refractivity contribution in [1.82, 2.24) is 4.98 Å². The van der Waals surface area contributed by atoms with Gasteiger partial charge in [-0.15, -0.1) is 0 Å². The van der Waals surface area contributed by atoms with E-state index in [9.17, 15) is 9.18 Å². The standard InChI is InChI=1S/C16H16FNO/c1-3-12-7-8-13(18-10-12)9-15(19)14-6-4-5-11(2)16(14)17/h4-8,10H,3,9H2,1-2H3. The number of halogens is 1. The maximum Gasteiger partial charge on any atom is 0.171 e. The van der Waals surface area contributed by atoms with Crippen LogP contribution in [0, 0.1) is 12.7 Å². The molecule has 1 aromatic carbocycles. The Kier molecular flexibility index (Phi) is 4.05. The highest BCUT2D eigenvalue weighted by Gasteiger charge is 2.14. The van der Waals surface area contributed by atoms with Crippen LogP contribution in [0.2, 0.25) is 0 Å². The van der Waals surface area contributed by atoms with Crippen LogP contribution in [0.5, 0.6) is 0 Å². The average Bonchev–Trinajstić information content (AvgIpc) is 2.42. The Hall–Kier alpha value is -2.03. The molecule has 1 heterocycles. The summed E-state index contributed by atoms with van der Waals surface area (Å²) in [6, 6.07) is 8.64. The maximum atomic E-state index is 13.8. The first kappa shape index (κ1) is 13.4. The Balaban J connectivity index is 2.18. The summed E-state index contributed by atoms with van der Waals surface area (Å²) in [5.74, 6) is -0.671. The summed E-state index contributed by atoms with van der Waals surface area (Å²) in [5, 5.41) is 0. The molecule has 0 aliphatic carbocycles. The lowest BCUT2D eigenvalue weighted by Crippen LogP contribution is -2.08. The highest BCUT2D eigenvalue weighted by Crippen LogP contribution is 2.14. The number of benzene rings is 1. The summed E-state index contributed by atoms with van der Waals surface area (Å²) in [5.41, 5.74) is 2.42. The first-order valence-electron chi connectivity index (χ1n) is 6.34. The molecule has 19 heavy (non-hydrogen) atoms. The van der Waals surface area contributed by atoms with Crippen LogP contribution in [0.15, 0.2) is 36.5 Å². The predicted octanol–water partition coefficient (Wildman–Crippen LogP) is 3.52. The molecule has 0 amide bonds. The van der Waals surface area contributed by atoms with Crippen LogP contribution in [-0.2, 0) is 12.8 Å². The van der Waals surface area contributed by atoms with Crippen LogP contribution in [0.3, 0.4) is 0 Å². The molecule has 2 aromatic rings. The Bertz CT molecular complexity index is 590. The molecule has 0 aliphatic rings. The van der Waals surface area contributed by atoms with Gasteiger partial charge in [-0.1, -0.05) is 25.1 Å². The lowest BCUT2D eigenvalue weighted by Gasteiger charge is -2.05. The second-order valence-corrected chi connectivity index (χ2v) is 4.55. The Morgan fingerprint density at radius 2 is 2.05 bits per heavy atom. The van der Waals surface area contributed by atoms with Crippen molar-refractivity contribution in [2.45, 2.75) is 26.7 Å². The van der Waals surface area contributed by atoms with E-state index in [2.05, 4.69) is 4.98 Å². The first-order valence-corrected chi connectivity index (χ1v) is 6.34. The summed E-state index contributed by atoms with van der Waals surface area (Å²) in [7, 11) is 0. The molecule has 0 atom stereocenters. The van der Waals surface area contributed by atoms with Crippen LogP contribution in [0.4, 0.5) is 4.39 Å². The molecule has 2 rings (SSSR count). The molecule has 0 radical (unpaired) electrons. The second-order valence-electron chi connectivity index (χ2n) is 4.55. The fourth-order valence-electron chi connectivity index (χ4n) is 1.89. The molecule has 3 heteroatoms. The minimum absolute atomic E-state index is 0.129. The van der Waals surface area contributed by atoms with Crippen LogP contribution in [0.1, 0.15) is 34.1 Å². The number of aromatic nitrogens is 1. The van der Waals surface area contributed by atoms with E-state index in [0.29, 0.717) is 11.3 Å². The van der Waals surface area contributed by atoms with Crippen LogP contribution < -0.4 is 0 Å². The quantitative estimate of drug-likeness (QED) is 0.784. The van der Waals surface area contributed by atoms with Gasteiger partial charge in [0.15, 0.2) is 5.78 Å². The van der Waals surface area contributed by atoms with Gasteiger partial charge in [-0.25, -0.2) is 4.39 Å². The number of ketones is 1. The first-order chi connectivity index (χ1) is 9.11. The molecular formula is C16H16FNO. The number of Topliss-reactive ketones (excluding diaryl/α,β-unsaturated/α-hetero) is 1. The second kappa shape index (κ2) is 5.74. The van der Waals surface area contributed by atoms with Crippen molar-refractivity contribution in [3.05, 3.63) is 64.7 Å². The van der Waals surface area contributed by atoms with Crippen molar-refractivity contribution in [1.29, 1.82) is 0 Å². The van der Waals surface area contributed by atoms with Crippen molar-refractivity contribution in [3.63, 3.8) is 0 Å². The van der Waals surface area contributed by atoms with E-state index >= 15 is 0 Å². The minimum Gasteiger partial charge on any atom is -0.294 e. The molecule has 0 saturated carbocycles. The third-order valence-corrected chi connectivity index (χ3v) is 3.13. The Labute approximate surface area is 112 Å². The average molecular weight is 257 g/mol.